The van der Waals surface area contributed by atoms with Crippen molar-refractivity contribution in [3.05, 3.63) is 18.2 Å². The van der Waals surface area contributed by atoms with Crippen LogP contribution in [0.15, 0.2) is 12.4 Å². The van der Waals surface area contributed by atoms with Crippen LogP contribution in [0.4, 0.5) is 0 Å². The van der Waals surface area contributed by atoms with Gasteiger partial charge in [0.25, 0.3) is 0 Å². The summed E-state index contributed by atoms with van der Waals surface area (Å²) in [7, 11) is -2.99. The molecule has 0 amide bonds. The SMILES string of the molecule is CC(C)S(=O)(=O)CCn1ccnc1CCl. The van der Waals surface area contributed by atoms with Gasteiger partial charge in [0.1, 0.15) is 5.82 Å². The van der Waals surface area contributed by atoms with Crippen LogP contribution in [-0.4, -0.2) is 29.0 Å². The maximum atomic E-state index is 11.6. The number of nitrogens with zero attached hydrogens (tertiary/aromatic N) is 2. The van der Waals surface area contributed by atoms with Gasteiger partial charge in [0, 0.05) is 18.9 Å². The van der Waals surface area contributed by atoms with E-state index in [1.54, 1.807) is 30.8 Å². The van der Waals surface area contributed by atoms with E-state index in [2.05, 4.69) is 4.98 Å². The lowest BCUT2D eigenvalue weighted by Crippen LogP contribution is -2.21. The maximum absolute atomic E-state index is 11.6. The molecule has 0 aromatic carbocycles. The molecule has 86 valence electrons. The van der Waals surface area contributed by atoms with Crippen molar-refractivity contribution >= 4 is 21.4 Å². The van der Waals surface area contributed by atoms with E-state index < -0.39 is 9.84 Å². The largest absolute Gasteiger partial charge is 0.333 e. The van der Waals surface area contributed by atoms with Crippen LogP contribution in [0.5, 0.6) is 0 Å². The van der Waals surface area contributed by atoms with E-state index in [-0.39, 0.29) is 11.0 Å². The predicted octanol–water partition coefficient (Wildman–Crippen LogP) is 1.45. The van der Waals surface area contributed by atoms with Gasteiger partial charge in [-0.25, -0.2) is 13.4 Å². The van der Waals surface area contributed by atoms with E-state index in [1.807, 2.05) is 0 Å². The average molecular weight is 251 g/mol. The summed E-state index contributed by atoms with van der Waals surface area (Å²) in [4.78, 5) is 4.02. The third-order valence-electron chi connectivity index (χ3n) is 2.26. The number of hydrogen-bond acceptors (Lipinski definition) is 3. The number of aromatic nitrogens is 2. The molecule has 0 N–H and O–H groups in total. The molecule has 0 aliphatic rings. The van der Waals surface area contributed by atoms with Crippen molar-refractivity contribution in [1.82, 2.24) is 9.55 Å². The van der Waals surface area contributed by atoms with Crippen LogP contribution >= 0.6 is 11.6 Å². The highest BCUT2D eigenvalue weighted by Crippen LogP contribution is 2.05. The van der Waals surface area contributed by atoms with Gasteiger partial charge in [-0.05, 0) is 13.8 Å². The van der Waals surface area contributed by atoms with Gasteiger partial charge in [0.05, 0.1) is 16.9 Å². The Labute approximate surface area is 95.2 Å². The van der Waals surface area contributed by atoms with Crippen molar-refractivity contribution in [3.63, 3.8) is 0 Å². The van der Waals surface area contributed by atoms with Crippen molar-refractivity contribution in [3.8, 4) is 0 Å². The number of hydrogen-bond donors (Lipinski definition) is 0. The molecule has 0 bridgehead atoms. The second-order valence-electron chi connectivity index (χ2n) is 3.59. The fraction of sp³-hybridized carbons (Fsp3) is 0.667. The monoisotopic (exact) mass is 250 g/mol. The molecule has 0 saturated carbocycles. The van der Waals surface area contributed by atoms with Gasteiger partial charge in [-0.15, -0.1) is 11.6 Å². The second-order valence-corrected chi connectivity index (χ2v) is 6.53. The molecular formula is C9H15ClN2O2S. The molecule has 0 radical (unpaired) electrons. The smallest absolute Gasteiger partial charge is 0.154 e. The lowest BCUT2D eigenvalue weighted by atomic mass is 10.6. The molecule has 0 saturated heterocycles. The summed E-state index contributed by atoms with van der Waals surface area (Å²) in [6, 6.07) is 0. The standard InChI is InChI=1S/C9H15ClN2O2S/c1-8(2)15(13,14)6-5-12-4-3-11-9(12)7-10/h3-4,8H,5-7H2,1-2H3. The Balaban J connectivity index is 2.66. The Morgan fingerprint density at radius 2 is 2.20 bits per heavy atom. The fourth-order valence-electron chi connectivity index (χ4n) is 1.14. The van der Waals surface area contributed by atoms with Crippen LogP contribution in [-0.2, 0) is 22.3 Å². The van der Waals surface area contributed by atoms with Crippen LogP contribution < -0.4 is 0 Å². The van der Waals surface area contributed by atoms with Crippen LogP contribution in [0.1, 0.15) is 19.7 Å². The van der Waals surface area contributed by atoms with Gasteiger partial charge < -0.3 is 4.57 Å². The topological polar surface area (TPSA) is 52.0 Å². The van der Waals surface area contributed by atoms with E-state index in [1.165, 1.54) is 0 Å². The number of halogens is 1. The van der Waals surface area contributed by atoms with Crippen molar-refractivity contribution in [2.45, 2.75) is 31.5 Å². The van der Waals surface area contributed by atoms with E-state index >= 15 is 0 Å². The van der Waals surface area contributed by atoms with Gasteiger partial charge in [0.15, 0.2) is 9.84 Å². The minimum absolute atomic E-state index is 0.130. The molecule has 0 aliphatic carbocycles. The third kappa shape index (κ3) is 3.21. The Hall–Kier alpha value is -0.550. The third-order valence-corrected chi connectivity index (χ3v) is 4.68. The maximum Gasteiger partial charge on any atom is 0.154 e. The van der Waals surface area contributed by atoms with E-state index in [0.29, 0.717) is 18.2 Å². The van der Waals surface area contributed by atoms with Gasteiger partial charge in [-0.1, -0.05) is 0 Å². The fourth-order valence-corrected chi connectivity index (χ4v) is 2.28. The zero-order valence-corrected chi connectivity index (χ0v) is 10.4. The molecule has 15 heavy (non-hydrogen) atoms. The first-order chi connectivity index (χ1) is 6.97. The summed E-state index contributed by atoms with van der Waals surface area (Å²) in [5.74, 6) is 1.13. The Kier molecular flexibility index (Phi) is 4.16. The molecule has 1 aromatic rings. The molecule has 0 atom stereocenters. The average Bonchev–Trinajstić information content (AvgIpc) is 2.61. The highest BCUT2D eigenvalue weighted by molar-refractivity contribution is 7.91. The summed E-state index contributed by atoms with van der Waals surface area (Å²) in [6.45, 7) is 3.79. The van der Waals surface area contributed by atoms with E-state index in [4.69, 9.17) is 11.6 Å². The van der Waals surface area contributed by atoms with Gasteiger partial charge in [-0.2, -0.15) is 0 Å². The Bertz CT molecular complexity index is 412. The number of sulfone groups is 1. The molecule has 0 fully saturated rings. The first-order valence-electron chi connectivity index (χ1n) is 4.75. The highest BCUT2D eigenvalue weighted by Gasteiger charge is 2.16. The number of imidazole rings is 1. The van der Waals surface area contributed by atoms with Gasteiger partial charge >= 0.3 is 0 Å². The lowest BCUT2D eigenvalue weighted by molar-refractivity contribution is 0.579. The lowest BCUT2D eigenvalue weighted by Gasteiger charge is -2.09. The molecule has 1 aromatic heterocycles. The number of alkyl halides is 1. The molecule has 4 nitrogen and oxygen atoms in total. The summed E-state index contributed by atoms with van der Waals surface area (Å²) >= 11 is 5.65. The van der Waals surface area contributed by atoms with E-state index in [9.17, 15) is 8.42 Å². The van der Waals surface area contributed by atoms with Crippen LogP contribution in [0.2, 0.25) is 0 Å². The van der Waals surface area contributed by atoms with Crippen molar-refractivity contribution in [2.24, 2.45) is 0 Å². The zero-order chi connectivity index (χ0) is 11.5. The second kappa shape index (κ2) is 4.99. The van der Waals surface area contributed by atoms with Crippen LogP contribution in [0, 0.1) is 0 Å². The Morgan fingerprint density at radius 3 is 2.73 bits per heavy atom. The molecule has 1 rings (SSSR count). The van der Waals surface area contributed by atoms with Gasteiger partial charge in [0.2, 0.25) is 0 Å². The number of rotatable bonds is 5. The zero-order valence-electron chi connectivity index (χ0n) is 8.85. The summed E-state index contributed by atoms with van der Waals surface area (Å²) in [6.07, 6.45) is 3.37. The molecule has 0 unspecified atom stereocenters. The first-order valence-corrected chi connectivity index (χ1v) is 7.00. The van der Waals surface area contributed by atoms with Crippen molar-refractivity contribution in [2.75, 3.05) is 5.75 Å². The quantitative estimate of drug-likeness (QED) is 0.744. The summed E-state index contributed by atoms with van der Waals surface area (Å²) in [5, 5.41) is -0.333. The highest BCUT2D eigenvalue weighted by atomic mass is 35.5. The van der Waals surface area contributed by atoms with Crippen molar-refractivity contribution in [1.29, 1.82) is 0 Å². The minimum atomic E-state index is -2.99. The first kappa shape index (κ1) is 12.5. The van der Waals surface area contributed by atoms with Crippen LogP contribution in [0.3, 0.4) is 0 Å². The van der Waals surface area contributed by atoms with Crippen molar-refractivity contribution < 1.29 is 8.42 Å². The predicted molar refractivity (Wildman–Crippen MR) is 60.7 cm³/mol. The summed E-state index contributed by atoms with van der Waals surface area (Å²) in [5.41, 5.74) is 0. The van der Waals surface area contributed by atoms with Crippen LogP contribution in [0.25, 0.3) is 0 Å². The minimum Gasteiger partial charge on any atom is -0.333 e. The molecule has 6 heteroatoms. The Morgan fingerprint density at radius 1 is 1.53 bits per heavy atom. The molecule has 1 heterocycles. The molecular weight excluding hydrogens is 236 g/mol. The molecule has 0 aliphatic heterocycles. The normalized spacial score (nSPS) is 12.3. The van der Waals surface area contributed by atoms with E-state index in [0.717, 1.165) is 0 Å². The summed E-state index contributed by atoms with van der Waals surface area (Å²) < 4.78 is 24.9. The number of aryl methyl sites for hydroxylation is 1. The molecule has 0 spiro atoms. The van der Waals surface area contributed by atoms with Gasteiger partial charge in [-0.3, -0.25) is 0 Å².